The molecule has 1 heterocycles. The minimum atomic E-state index is 0.479. The Morgan fingerprint density at radius 1 is 1.65 bits per heavy atom. The monoisotopic (exact) mass is 317 g/mol. The number of rotatable bonds is 5. The Kier molecular flexibility index (Phi) is 4.94. The number of halogens is 1. The van der Waals surface area contributed by atoms with Crippen molar-refractivity contribution in [1.29, 1.82) is 0 Å². The summed E-state index contributed by atoms with van der Waals surface area (Å²) >= 11 is 5.43. The molecule has 1 fully saturated rings. The summed E-state index contributed by atoms with van der Waals surface area (Å²) in [6.45, 7) is 3.17. The van der Waals surface area contributed by atoms with Gasteiger partial charge in [-0.05, 0) is 48.4 Å². The predicted molar refractivity (Wildman–Crippen MR) is 77.5 cm³/mol. The maximum Gasteiger partial charge on any atom is 0.0632 e. The summed E-state index contributed by atoms with van der Waals surface area (Å²) in [5.41, 5.74) is 0. The number of hydrogen-bond donors (Lipinski definition) is 1. The van der Waals surface area contributed by atoms with Crippen molar-refractivity contribution >= 4 is 27.7 Å². The highest BCUT2D eigenvalue weighted by atomic mass is 79.9. The smallest absolute Gasteiger partial charge is 0.0632 e. The van der Waals surface area contributed by atoms with Crippen LogP contribution in [0.5, 0.6) is 0 Å². The van der Waals surface area contributed by atoms with Gasteiger partial charge in [-0.15, -0.1) is 0 Å². The van der Waals surface area contributed by atoms with Gasteiger partial charge >= 0.3 is 0 Å². The van der Waals surface area contributed by atoms with Crippen LogP contribution in [-0.2, 0) is 6.54 Å². The largest absolute Gasteiger partial charge is 0.310 e. The highest BCUT2D eigenvalue weighted by molar-refractivity contribution is 9.10. The van der Waals surface area contributed by atoms with Gasteiger partial charge in [0, 0.05) is 23.5 Å². The topological polar surface area (TPSA) is 29.9 Å². The van der Waals surface area contributed by atoms with Crippen molar-refractivity contribution in [2.45, 2.75) is 50.1 Å². The van der Waals surface area contributed by atoms with Crippen LogP contribution < -0.4 is 5.32 Å². The third-order valence-corrected chi connectivity index (χ3v) is 4.81. The molecule has 5 heteroatoms. The normalized spacial score (nSPS) is 26.3. The molecule has 3 atom stereocenters. The average molecular weight is 318 g/mol. The van der Waals surface area contributed by atoms with Crippen LogP contribution in [0.2, 0.25) is 0 Å². The van der Waals surface area contributed by atoms with Crippen LogP contribution in [0.3, 0.4) is 0 Å². The number of thioether (sulfide) groups is 1. The molecule has 96 valence electrons. The van der Waals surface area contributed by atoms with Gasteiger partial charge in [0.05, 0.1) is 17.2 Å². The zero-order valence-electron chi connectivity index (χ0n) is 10.4. The fourth-order valence-electron chi connectivity index (χ4n) is 2.48. The molecule has 0 amide bonds. The van der Waals surface area contributed by atoms with E-state index in [0.29, 0.717) is 12.1 Å². The summed E-state index contributed by atoms with van der Waals surface area (Å²) in [7, 11) is 0. The molecule has 2 rings (SSSR count). The van der Waals surface area contributed by atoms with Gasteiger partial charge in [-0.3, -0.25) is 4.68 Å². The number of nitrogens with one attached hydrogen (secondary N) is 1. The van der Waals surface area contributed by atoms with E-state index in [2.05, 4.69) is 39.5 Å². The lowest BCUT2D eigenvalue weighted by molar-refractivity contribution is 0.397. The van der Waals surface area contributed by atoms with Crippen LogP contribution in [0, 0.1) is 0 Å². The highest BCUT2D eigenvalue weighted by Crippen LogP contribution is 2.28. The standard InChI is InChI=1S/C12H20BrN3S/c1-9(7-16-8-10(13)6-14-16)15-11-3-4-12(5-11)17-2/h6,8-9,11-12,15H,3-5,7H2,1-2H3/t9-,11+,12-/m1/s1. The molecule has 1 aromatic heterocycles. The fraction of sp³-hybridized carbons (Fsp3) is 0.750. The molecular formula is C12H20BrN3S. The molecule has 0 aromatic carbocycles. The van der Waals surface area contributed by atoms with Gasteiger partial charge in [0.25, 0.3) is 0 Å². The molecule has 0 spiro atoms. The van der Waals surface area contributed by atoms with Crippen LogP contribution >= 0.6 is 27.7 Å². The Hall–Kier alpha value is -0.0000000000000000555. The van der Waals surface area contributed by atoms with Gasteiger partial charge in [0.2, 0.25) is 0 Å². The van der Waals surface area contributed by atoms with E-state index in [1.165, 1.54) is 19.3 Å². The Bertz CT molecular complexity index is 355. The first-order valence-corrected chi connectivity index (χ1v) is 8.22. The predicted octanol–water partition coefficient (Wildman–Crippen LogP) is 2.91. The van der Waals surface area contributed by atoms with E-state index in [1.807, 2.05) is 28.8 Å². The molecule has 0 saturated heterocycles. The van der Waals surface area contributed by atoms with Gasteiger partial charge < -0.3 is 5.32 Å². The van der Waals surface area contributed by atoms with E-state index in [4.69, 9.17) is 0 Å². The first kappa shape index (κ1) is 13.4. The second-order valence-electron chi connectivity index (χ2n) is 4.82. The van der Waals surface area contributed by atoms with Crippen molar-refractivity contribution in [3.05, 3.63) is 16.9 Å². The van der Waals surface area contributed by atoms with E-state index >= 15 is 0 Å². The lowest BCUT2D eigenvalue weighted by atomic mass is 10.2. The van der Waals surface area contributed by atoms with Crippen molar-refractivity contribution < 1.29 is 0 Å². The van der Waals surface area contributed by atoms with Crippen molar-refractivity contribution in [1.82, 2.24) is 15.1 Å². The molecule has 3 nitrogen and oxygen atoms in total. The lowest BCUT2D eigenvalue weighted by Crippen LogP contribution is -2.37. The first-order chi connectivity index (χ1) is 8.17. The van der Waals surface area contributed by atoms with Crippen LogP contribution in [-0.4, -0.2) is 33.4 Å². The van der Waals surface area contributed by atoms with Gasteiger partial charge in [-0.1, -0.05) is 0 Å². The molecule has 0 aliphatic heterocycles. The minimum absolute atomic E-state index is 0.479. The fourth-order valence-corrected chi connectivity index (χ4v) is 3.60. The molecule has 1 N–H and O–H groups in total. The summed E-state index contributed by atoms with van der Waals surface area (Å²) in [6.07, 6.45) is 10.1. The summed E-state index contributed by atoms with van der Waals surface area (Å²) in [4.78, 5) is 0. The molecule has 1 aliphatic rings. The van der Waals surface area contributed by atoms with Crippen molar-refractivity contribution in [3.63, 3.8) is 0 Å². The van der Waals surface area contributed by atoms with E-state index in [-0.39, 0.29) is 0 Å². The van der Waals surface area contributed by atoms with Crippen molar-refractivity contribution in [2.75, 3.05) is 6.26 Å². The molecular weight excluding hydrogens is 298 g/mol. The number of hydrogen-bond acceptors (Lipinski definition) is 3. The summed E-state index contributed by atoms with van der Waals surface area (Å²) < 4.78 is 3.04. The zero-order chi connectivity index (χ0) is 12.3. The third-order valence-electron chi connectivity index (χ3n) is 3.30. The van der Waals surface area contributed by atoms with Crippen molar-refractivity contribution in [2.24, 2.45) is 0 Å². The SMILES string of the molecule is CS[C@@H]1CC[C@H](N[C@H](C)Cn2cc(Br)cn2)C1. The molecule has 0 unspecified atom stereocenters. The summed E-state index contributed by atoms with van der Waals surface area (Å²) in [5.74, 6) is 0. The summed E-state index contributed by atoms with van der Waals surface area (Å²) in [6, 6.07) is 1.17. The number of aromatic nitrogens is 2. The highest BCUT2D eigenvalue weighted by Gasteiger charge is 2.24. The Morgan fingerprint density at radius 3 is 3.06 bits per heavy atom. The maximum absolute atomic E-state index is 4.29. The van der Waals surface area contributed by atoms with Crippen LogP contribution in [0.1, 0.15) is 26.2 Å². The molecule has 1 saturated carbocycles. The molecule has 1 aliphatic carbocycles. The van der Waals surface area contributed by atoms with E-state index in [9.17, 15) is 0 Å². The molecule has 0 radical (unpaired) electrons. The first-order valence-electron chi connectivity index (χ1n) is 6.14. The second kappa shape index (κ2) is 6.25. The van der Waals surface area contributed by atoms with E-state index in [1.54, 1.807) is 0 Å². The van der Waals surface area contributed by atoms with Gasteiger partial charge in [-0.25, -0.2) is 0 Å². The molecule has 17 heavy (non-hydrogen) atoms. The van der Waals surface area contributed by atoms with Crippen molar-refractivity contribution in [3.8, 4) is 0 Å². The number of nitrogens with zero attached hydrogens (tertiary/aromatic N) is 2. The average Bonchev–Trinajstić information content (AvgIpc) is 2.88. The van der Waals surface area contributed by atoms with Crippen LogP contribution in [0.4, 0.5) is 0 Å². The van der Waals surface area contributed by atoms with E-state index in [0.717, 1.165) is 16.3 Å². The zero-order valence-corrected chi connectivity index (χ0v) is 12.8. The van der Waals surface area contributed by atoms with Gasteiger partial charge in [0.1, 0.15) is 0 Å². The second-order valence-corrected chi connectivity index (χ2v) is 6.87. The van der Waals surface area contributed by atoms with Crippen LogP contribution in [0.25, 0.3) is 0 Å². The Balaban J connectivity index is 1.76. The van der Waals surface area contributed by atoms with Gasteiger partial charge in [0.15, 0.2) is 0 Å². The minimum Gasteiger partial charge on any atom is -0.310 e. The van der Waals surface area contributed by atoms with E-state index < -0.39 is 0 Å². The lowest BCUT2D eigenvalue weighted by Gasteiger charge is -2.19. The van der Waals surface area contributed by atoms with Gasteiger partial charge in [-0.2, -0.15) is 16.9 Å². The molecule has 1 aromatic rings. The Morgan fingerprint density at radius 2 is 2.47 bits per heavy atom. The van der Waals surface area contributed by atoms with Crippen LogP contribution in [0.15, 0.2) is 16.9 Å². The summed E-state index contributed by atoms with van der Waals surface area (Å²) in [5, 5.41) is 8.86. The molecule has 0 bridgehead atoms. The quantitative estimate of drug-likeness (QED) is 0.905. The Labute approximate surface area is 116 Å². The maximum atomic E-state index is 4.29. The third kappa shape index (κ3) is 4.00.